The fourth-order valence-corrected chi connectivity index (χ4v) is 2.72. The number of anilines is 1. The number of carbonyl (C=O) groups excluding carboxylic acids is 1. The number of nitrogens with zero attached hydrogens (tertiary/aromatic N) is 3. The largest absolute Gasteiger partial charge is 0.416 e. The molecule has 2 heterocycles. The lowest BCUT2D eigenvalue weighted by Gasteiger charge is -2.36. The lowest BCUT2D eigenvalue weighted by Crippen LogP contribution is -2.48. The predicted molar refractivity (Wildman–Crippen MR) is 98.3 cm³/mol. The minimum atomic E-state index is -4.35. The van der Waals surface area contributed by atoms with Crippen LogP contribution in [0.4, 0.5) is 18.9 Å². The van der Waals surface area contributed by atoms with E-state index in [1.165, 1.54) is 12.3 Å². The van der Waals surface area contributed by atoms with E-state index >= 15 is 0 Å². The van der Waals surface area contributed by atoms with Gasteiger partial charge in [0.2, 0.25) is 0 Å². The third kappa shape index (κ3) is 5.02. The Bertz CT molecular complexity index is 721. The molecular weight excluding hydrogens is 390 g/mol. The molecule has 1 aromatic heterocycles. The van der Waals surface area contributed by atoms with E-state index in [2.05, 4.69) is 4.98 Å². The van der Waals surface area contributed by atoms with Crippen LogP contribution in [0.2, 0.25) is 0 Å². The number of rotatable bonds is 2. The molecule has 26 heavy (non-hydrogen) atoms. The minimum Gasteiger partial charge on any atom is -0.368 e. The Kier molecular flexibility index (Phi) is 7.71. The Morgan fingerprint density at radius 2 is 1.69 bits per heavy atom. The van der Waals surface area contributed by atoms with Crippen molar-refractivity contribution in [2.75, 3.05) is 31.1 Å². The van der Waals surface area contributed by atoms with E-state index in [4.69, 9.17) is 0 Å². The van der Waals surface area contributed by atoms with E-state index in [1.54, 1.807) is 29.3 Å². The number of hydrogen-bond donors (Lipinski definition) is 0. The van der Waals surface area contributed by atoms with Crippen LogP contribution in [-0.2, 0) is 6.18 Å². The Balaban J connectivity index is 0.00000169. The topological polar surface area (TPSA) is 36.4 Å². The van der Waals surface area contributed by atoms with Crippen molar-refractivity contribution in [2.45, 2.75) is 6.18 Å². The maximum atomic E-state index is 12.8. The second kappa shape index (κ2) is 9.09. The molecule has 1 fully saturated rings. The SMILES string of the molecule is Cl.Cl.O=C(c1cccnc1)N1CCN(c2cccc(C(F)(F)F)c2)CC1. The molecular formula is C17H18Cl2F3N3O. The summed E-state index contributed by atoms with van der Waals surface area (Å²) < 4.78 is 38.4. The average molecular weight is 408 g/mol. The lowest BCUT2D eigenvalue weighted by atomic mass is 10.1. The van der Waals surface area contributed by atoms with E-state index in [0.29, 0.717) is 37.4 Å². The van der Waals surface area contributed by atoms with Gasteiger partial charge in [0.25, 0.3) is 5.91 Å². The zero-order valence-corrected chi connectivity index (χ0v) is 15.3. The highest BCUT2D eigenvalue weighted by Gasteiger charge is 2.31. The van der Waals surface area contributed by atoms with Gasteiger partial charge in [0.1, 0.15) is 0 Å². The van der Waals surface area contributed by atoms with Crippen LogP contribution in [0.5, 0.6) is 0 Å². The number of amides is 1. The van der Waals surface area contributed by atoms with Crippen molar-refractivity contribution in [1.82, 2.24) is 9.88 Å². The maximum Gasteiger partial charge on any atom is 0.416 e. The van der Waals surface area contributed by atoms with Crippen LogP contribution in [0.3, 0.4) is 0 Å². The summed E-state index contributed by atoms with van der Waals surface area (Å²) in [6.45, 7) is 1.91. The molecule has 1 aliphatic heterocycles. The average Bonchev–Trinajstić information content (AvgIpc) is 2.61. The third-order valence-corrected chi connectivity index (χ3v) is 4.01. The smallest absolute Gasteiger partial charge is 0.368 e. The molecule has 9 heteroatoms. The first-order valence-corrected chi connectivity index (χ1v) is 7.56. The molecule has 3 rings (SSSR count). The standard InChI is InChI=1S/C17H16F3N3O.2ClH/c18-17(19,20)14-4-1-5-15(11-14)22-7-9-23(10-8-22)16(24)13-3-2-6-21-12-13;;/h1-6,11-12H,7-10H2;2*1H. The Hall–Kier alpha value is -1.99. The van der Waals surface area contributed by atoms with Crippen LogP contribution in [0.1, 0.15) is 15.9 Å². The molecule has 0 aliphatic carbocycles. The normalized spacial score (nSPS) is 14.3. The van der Waals surface area contributed by atoms with Gasteiger partial charge >= 0.3 is 6.18 Å². The number of benzene rings is 1. The quantitative estimate of drug-likeness (QED) is 0.757. The van der Waals surface area contributed by atoms with Gasteiger partial charge in [0.05, 0.1) is 11.1 Å². The number of pyridine rings is 1. The molecule has 142 valence electrons. The molecule has 0 spiro atoms. The van der Waals surface area contributed by atoms with Gasteiger partial charge in [-0.25, -0.2) is 0 Å². The van der Waals surface area contributed by atoms with Gasteiger partial charge in [-0.3, -0.25) is 9.78 Å². The van der Waals surface area contributed by atoms with Crippen LogP contribution in [-0.4, -0.2) is 42.0 Å². The number of hydrogen-bond acceptors (Lipinski definition) is 3. The van der Waals surface area contributed by atoms with E-state index in [0.717, 1.165) is 12.1 Å². The number of alkyl halides is 3. The van der Waals surface area contributed by atoms with Crippen molar-refractivity contribution in [3.8, 4) is 0 Å². The summed E-state index contributed by atoms with van der Waals surface area (Å²) in [5.74, 6) is -0.105. The summed E-state index contributed by atoms with van der Waals surface area (Å²) >= 11 is 0. The van der Waals surface area contributed by atoms with Gasteiger partial charge < -0.3 is 9.80 Å². The molecule has 1 amide bonds. The number of carbonyl (C=O) groups is 1. The number of piperazine rings is 1. The maximum absolute atomic E-state index is 12.8. The summed E-state index contributed by atoms with van der Waals surface area (Å²) in [6, 6.07) is 8.68. The lowest BCUT2D eigenvalue weighted by molar-refractivity contribution is -0.137. The van der Waals surface area contributed by atoms with Gasteiger partial charge in [-0.05, 0) is 30.3 Å². The van der Waals surface area contributed by atoms with Crippen molar-refractivity contribution in [3.05, 3.63) is 59.9 Å². The summed E-state index contributed by atoms with van der Waals surface area (Å²) in [4.78, 5) is 19.8. The molecule has 1 aliphatic rings. The zero-order chi connectivity index (χ0) is 17.2. The molecule has 0 radical (unpaired) electrons. The minimum absolute atomic E-state index is 0. The van der Waals surface area contributed by atoms with Gasteiger partial charge in [-0.1, -0.05) is 6.07 Å². The van der Waals surface area contributed by atoms with Crippen LogP contribution in [0.15, 0.2) is 48.8 Å². The monoisotopic (exact) mass is 407 g/mol. The molecule has 2 aromatic rings. The molecule has 0 saturated carbocycles. The Labute approximate surface area is 161 Å². The fraction of sp³-hybridized carbons (Fsp3) is 0.294. The van der Waals surface area contributed by atoms with Crippen molar-refractivity contribution in [2.24, 2.45) is 0 Å². The van der Waals surface area contributed by atoms with Gasteiger partial charge in [-0.2, -0.15) is 13.2 Å². The summed E-state index contributed by atoms with van der Waals surface area (Å²) in [5.41, 5.74) is 0.386. The number of halogens is 5. The number of aromatic nitrogens is 1. The third-order valence-electron chi connectivity index (χ3n) is 4.01. The van der Waals surface area contributed by atoms with Crippen LogP contribution in [0, 0.1) is 0 Å². The first-order valence-electron chi connectivity index (χ1n) is 7.56. The van der Waals surface area contributed by atoms with Crippen LogP contribution < -0.4 is 4.90 Å². The second-order valence-electron chi connectivity index (χ2n) is 5.57. The second-order valence-corrected chi connectivity index (χ2v) is 5.57. The van der Waals surface area contributed by atoms with Crippen molar-refractivity contribution in [1.29, 1.82) is 0 Å². The Morgan fingerprint density at radius 3 is 2.27 bits per heavy atom. The molecule has 0 atom stereocenters. The molecule has 0 unspecified atom stereocenters. The van der Waals surface area contributed by atoms with Crippen LogP contribution >= 0.6 is 24.8 Å². The summed E-state index contributed by atoms with van der Waals surface area (Å²) in [5, 5.41) is 0. The first-order chi connectivity index (χ1) is 11.4. The summed E-state index contributed by atoms with van der Waals surface area (Å²) in [7, 11) is 0. The molecule has 1 saturated heterocycles. The van der Waals surface area contributed by atoms with Crippen molar-refractivity contribution in [3.63, 3.8) is 0 Å². The highest BCUT2D eigenvalue weighted by Crippen LogP contribution is 2.31. The van der Waals surface area contributed by atoms with Gasteiger partial charge in [0.15, 0.2) is 0 Å². The van der Waals surface area contributed by atoms with E-state index in [9.17, 15) is 18.0 Å². The van der Waals surface area contributed by atoms with Crippen LogP contribution in [0.25, 0.3) is 0 Å². The summed E-state index contributed by atoms with van der Waals surface area (Å²) in [6.07, 6.45) is -1.24. The highest BCUT2D eigenvalue weighted by atomic mass is 35.5. The fourth-order valence-electron chi connectivity index (χ4n) is 2.72. The molecule has 0 N–H and O–H groups in total. The predicted octanol–water partition coefficient (Wildman–Crippen LogP) is 3.91. The highest BCUT2D eigenvalue weighted by molar-refractivity contribution is 5.94. The van der Waals surface area contributed by atoms with E-state index < -0.39 is 11.7 Å². The molecule has 1 aromatic carbocycles. The van der Waals surface area contributed by atoms with Gasteiger partial charge in [-0.15, -0.1) is 24.8 Å². The van der Waals surface area contributed by atoms with E-state index in [-0.39, 0.29) is 30.7 Å². The van der Waals surface area contributed by atoms with Crippen molar-refractivity contribution < 1.29 is 18.0 Å². The molecule has 0 bridgehead atoms. The van der Waals surface area contributed by atoms with Gasteiger partial charge in [0, 0.05) is 44.3 Å². The zero-order valence-electron chi connectivity index (χ0n) is 13.6. The first kappa shape index (κ1) is 22.1. The van der Waals surface area contributed by atoms with Crippen molar-refractivity contribution >= 4 is 36.4 Å². The van der Waals surface area contributed by atoms with E-state index in [1.807, 2.05) is 4.90 Å². The molecule has 4 nitrogen and oxygen atoms in total. The Morgan fingerprint density at radius 1 is 1.00 bits per heavy atom.